The van der Waals surface area contributed by atoms with Crippen LogP contribution in [0.4, 0.5) is 0 Å². The molecule has 1 rings (SSSR count). The van der Waals surface area contributed by atoms with Crippen LogP contribution >= 0.6 is 0 Å². The maximum absolute atomic E-state index is 10.1. The van der Waals surface area contributed by atoms with E-state index in [0.717, 1.165) is 6.42 Å². The fourth-order valence-corrected chi connectivity index (χ4v) is 1.83. The Kier molecular flexibility index (Phi) is 3.57. The van der Waals surface area contributed by atoms with Crippen molar-refractivity contribution in [2.45, 2.75) is 44.6 Å². The number of rotatable bonds is 3. The molecule has 1 fully saturated rings. The van der Waals surface area contributed by atoms with Crippen LogP contribution in [0.2, 0.25) is 0 Å². The minimum absolute atomic E-state index is 0.335. The Balaban J connectivity index is 2.18. The summed E-state index contributed by atoms with van der Waals surface area (Å²) < 4.78 is 0. The van der Waals surface area contributed by atoms with Crippen molar-refractivity contribution in [1.82, 2.24) is 0 Å². The molecule has 1 unspecified atom stereocenters. The number of hydrogen-bond acceptors (Lipinski definition) is 2. The zero-order valence-corrected chi connectivity index (χ0v) is 6.88. The second-order valence-corrected chi connectivity index (χ2v) is 3.46. The highest BCUT2D eigenvalue weighted by Crippen LogP contribution is 2.26. The van der Waals surface area contributed by atoms with Crippen molar-refractivity contribution < 1.29 is 4.79 Å². The molecule has 2 nitrogen and oxygen atoms in total. The lowest BCUT2D eigenvalue weighted by atomic mass is 9.85. The van der Waals surface area contributed by atoms with Crippen LogP contribution in [-0.4, -0.2) is 12.3 Å². The summed E-state index contributed by atoms with van der Waals surface area (Å²) in [4.78, 5) is 10.1. The Morgan fingerprint density at radius 2 is 2.00 bits per heavy atom. The van der Waals surface area contributed by atoms with Crippen molar-refractivity contribution >= 4 is 6.29 Å². The van der Waals surface area contributed by atoms with E-state index in [2.05, 4.69) is 0 Å². The summed E-state index contributed by atoms with van der Waals surface area (Å²) in [5, 5.41) is 0. The maximum atomic E-state index is 10.1. The van der Waals surface area contributed by atoms with E-state index in [-0.39, 0.29) is 6.04 Å². The summed E-state index contributed by atoms with van der Waals surface area (Å²) in [5.74, 6) is 0.695. The van der Waals surface area contributed by atoms with Gasteiger partial charge in [0.25, 0.3) is 0 Å². The van der Waals surface area contributed by atoms with Gasteiger partial charge < -0.3 is 5.73 Å². The lowest BCUT2D eigenvalue weighted by Gasteiger charge is -2.21. The van der Waals surface area contributed by atoms with E-state index >= 15 is 0 Å². The van der Waals surface area contributed by atoms with Crippen molar-refractivity contribution in [2.24, 2.45) is 11.7 Å². The van der Waals surface area contributed by atoms with Crippen molar-refractivity contribution in [3.05, 3.63) is 0 Å². The first-order valence-corrected chi connectivity index (χ1v) is 4.46. The molecule has 0 aromatic rings. The molecule has 1 saturated carbocycles. The first-order chi connectivity index (χ1) is 5.33. The Labute approximate surface area is 68.2 Å². The third-order valence-corrected chi connectivity index (χ3v) is 2.46. The van der Waals surface area contributed by atoms with Crippen LogP contribution < -0.4 is 5.73 Å². The summed E-state index contributed by atoms with van der Waals surface area (Å²) in [6, 6.07) is -0.335. The van der Waals surface area contributed by atoms with Crippen molar-refractivity contribution in [3.8, 4) is 0 Å². The van der Waals surface area contributed by atoms with E-state index in [9.17, 15) is 4.79 Å². The standard InChI is InChI=1S/C9H16NO/c10-9(7-11)6-8-4-2-1-3-5-8/h8-9H,1-6,10H2. The summed E-state index contributed by atoms with van der Waals surface area (Å²) in [7, 11) is 0. The molecule has 0 amide bonds. The van der Waals surface area contributed by atoms with Gasteiger partial charge in [-0.25, -0.2) is 0 Å². The topological polar surface area (TPSA) is 43.1 Å². The molecule has 1 aliphatic carbocycles. The quantitative estimate of drug-likeness (QED) is 0.667. The molecule has 2 heteroatoms. The molecule has 1 radical (unpaired) electrons. The minimum Gasteiger partial charge on any atom is -0.321 e. The molecule has 1 aliphatic rings. The highest BCUT2D eigenvalue weighted by atomic mass is 16.1. The molecule has 0 saturated heterocycles. The molecule has 0 aromatic carbocycles. The fourth-order valence-electron chi connectivity index (χ4n) is 1.83. The fraction of sp³-hybridized carbons (Fsp3) is 0.889. The van der Waals surface area contributed by atoms with Gasteiger partial charge >= 0.3 is 0 Å². The number of hydrogen-bond donors (Lipinski definition) is 1. The van der Waals surface area contributed by atoms with Gasteiger partial charge in [0, 0.05) is 0 Å². The summed E-state index contributed by atoms with van der Waals surface area (Å²) in [6.07, 6.45) is 9.20. The van der Waals surface area contributed by atoms with E-state index in [4.69, 9.17) is 5.73 Å². The first kappa shape index (κ1) is 8.72. The maximum Gasteiger partial charge on any atom is 0.216 e. The second-order valence-electron chi connectivity index (χ2n) is 3.46. The highest BCUT2D eigenvalue weighted by molar-refractivity contribution is 5.57. The molecule has 2 N–H and O–H groups in total. The van der Waals surface area contributed by atoms with Crippen molar-refractivity contribution in [1.29, 1.82) is 0 Å². The summed E-state index contributed by atoms with van der Waals surface area (Å²) in [6.45, 7) is 0. The lowest BCUT2D eigenvalue weighted by molar-refractivity contribution is 0.331. The van der Waals surface area contributed by atoms with Crippen LogP contribution in [0, 0.1) is 5.92 Å². The van der Waals surface area contributed by atoms with Gasteiger partial charge in [-0.3, -0.25) is 4.79 Å². The predicted octanol–water partition coefficient (Wildman–Crippen LogP) is 1.39. The highest BCUT2D eigenvalue weighted by Gasteiger charge is 2.16. The summed E-state index contributed by atoms with van der Waals surface area (Å²) in [5.41, 5.74) is 5.48. The number of nitrogens with two attached hydrogens (primary N) is 1. The van der Waals surface area contributed by atoms with Crippen LogP contribution in [0.5, 0.6) is 0 Å². The van der Waals surface area contributed by atoms with Crippen LogP contribution in [-0.2, 0) is 4.79 Å². The Bertz CT molecular complexity index is 119. The van der Waals surface area contributed by atoms with Crippen LogP contribution in [0.25, 0.3) is 0 Å². The molecule has 1 atom stereocenters. The van der Waals surface area contributed by atoms with Gasteiger partial charge in [0.1, 0.15) is 0 Å². The third kappa shape index (κ3) is 3.02. The molecule has 0 aromatic heterocycles. The molecule has 0 spiro atoms. The predicted molar refractivity (Wildman–Crippen MR) is 44.9 cm³/mol. The SMILES string of the molecule is NC([C]=O)CC1CCCCC1. The smallest absolute Gasteiger partial charge is 0.216 e. The molecule has 0 bridgehead atoms. The van der Waals surface area contributed by atoms with Gasteiger partial charge in [0.15, 0.2) is 0 Å². The first-order valence-electron chi connectivity index (χ1n) is 4.46. The molecular formula is C9H16NO. The van der Waals surface area contributed by atoms with E-state index in [0.29, 0.717) is 5.92 Å². The number of carbonyl (C=O) groups excluding carboxylic acids is 1. The Morgan fingerprint density at radius 1 is 1.36 bits per heavy atom. The molecule has 63 valence electrons. The van der Waals surface area contributed by atoms with Crippen LogP contribution in [0.15, 0.2) is 0 Å². The molecule has 11 heavy (non-hydrogen) atoms. The van der Waals surface area contributed by atoms with Crippen molar-refractivity contribution in [3.63, 3.8) is 0 Å². The zero-order valence-electron chi connectivity index (χ0n) is 6.88. The minimum atomic E-state index is -0.335. The Morgan fingerprint density at radius 3 is 2.55 bits per heavy atom. The van der Waals surface area contributed by atoms with Crippen LogP contribution in [0.1, 0.15) is 38.5 Å². The van der Waals surface area contributed by atoms with Gasteiger partial charge in [-0.2, -0.15) is 0 Å². The van der Waals surface area contributed by atoms with Crippen LogP contribution in [0.3, 0.4) is 0 Å². The van der Waals surface area contributed by atoms with Gasteiger partial charge in [-0.15, -0.1) is 0 Å². The van der Waals surface area contributed by atoms with E-state index < -0.39 is 0 Å². The van der Waals surface area contributed by atoms with Gasteiger partial charge in [0.2, 0.25) is 6.29 Å². The molecule has 0 heterocycles. The van der Waals surface area contributed by atoms with Crippen molar-refractivity contribution in [2.75, 3.05) is 0 Å². The molecular weight excluding hydrogens is 138 g/mol. The van der Waals surface area contributed by atoms with Gasteiger partial charge in [0.05, 0.1) is 6.04 Å². The average molecular weight is 154 g/mol. The van der Waals surface area contributed by atoms with E-state index in [1.165, 1.54) is 32.1 Å². The largest absolute Gasteiger partial charge is 0.321 e. The molecule has 0 aliphatic heterocycles. The third-order valence-electron chi connectivity index (χ3n) is 2.46. The van der Waals surface area contributed by atoms with Gasteiger partial charge in [-0.05, 0) is 12.3 Å². The monoisotopic (exact) mass is 154 g/mol. The zero-order chi connectivity index (χ0) is 8.10. The Hall–Kier alpha value is -0.370. The van der Waals surface area contributed by atoms with E-state index in [1.807, 2.05) is 6.29 Å². The normalized spacial score (nSPS) is 23.0. The second kappa shape index (κ2) is 4.50. The van der Waals surface area contributed by atoms with E-state index in [1.54, 1.807) is 0 Å². The van der Waals surface area contributed by atoms with Gasteiger partial charge in [-0.1, -0.05) is 32.1 Å². The average Bonchev–Trinajstić information content (AvgIpc) is 2.06. The lowest BCUT2D eigenvalue weighted by Crippen LogP contribution is -2.25. The summed E-state index contributed by atoms with van der Waals surface area (Å²) >= 11 is 0.